The van der Waals surface area contributed by atoms with Gasteiger partial charge in [0, 0.05) is 121 Å². The number of hydrogen-bond donors (Lipinski definition) is 6. The summed E-state index contributed by atoms with van der Waals surface area (Å²) in [6, 6.07) is 8.08. The molecule has 5 amide bonds. The molecular weight excluding hydrogens is 1180 g/mol. The van der Waals surface area contributed by atoms with Crippen molar-refractivity contribution in [1.29, 1.82) is 0 Å². The highest BCUT2D eigenvalue weighted by atomic mass is 32.1. The van der Waals surface area contributed by atoms with Gasteiger partial charge in [0.05, 0.1) is 46.5 Å². The van der Waals surface area contributed by atoms with Crippen molar-refractivity contribution in [1.82, 2.24) is 55.8 Å². The Morgan fingerprint density at radius 1 is 0.833 bits per heavy atom. The number of likely N-dealkylation sites (tertiary alicyclic amines) is 4. The Balaban J connectivity index is 0.592. The topological polar surface area (TPSA) is 233 Å². The highest BCUT2D eigenvalue weighted by molar-refractivity contribution is 7.13. The van der Waals surface area contributed by atoms with E-state index in [9.17, 15) is 33.5 Å². The van der Waals surface area contributed by atoms with Gasteiger partial charge in [-0.15, -0.1) is 11.3 Å². The summed E-state index contributed by atoms with van der Waals surface area (Å²) in [5, 5.41) is 25.9. The Hall–Kier alpha value is -6.67. The number of halogens is 3. The van der Waals surface area contributed by atoms with Crippen LogP contribution in [0, 0.1) is 41.2 Å². The number of aromatic nitrogens is 3. The number of nitrogens with one attached hydrogen (secondary N) is 5. The number of aliphatic hydroxyl groups excluding tert-OH is 1. The fourth-order valence-electron chi connectivity index (χ4n) is 13.9. The van der Waals surface area contributed by atoms with Crippen LogP contribution in [-0.4, -0.2) is 203 Å². The summed E-state index contributed by atoms with van der Waals surface area (Å²) in [7, 11) is 0. The standard InChI is InChI=1S/C65H89F3N14O7S/c1-41-57(90-40-74-41)42-7-8-43(30-71-59(86)51-27-47(83)36-82(51)60(87)58(62(2,3)4)75-61(88)65(68)10-11-65)52(26-42)89-24-17-70-55(84)9-18-78-32-45-34-79(35-46(45)33-78)23-16-69-53-29-54(73-39-72-53)80-21-14-64(15-22-80)38-81(37-56(85)76-64)50-28-48(66)44(25-49(50)67)31-77-19-12-63(5,6)13-20-77/h7-8,25-26,28-29,39-40,45-47,51,58,83H,9-24,27,30-38H2,1-6H3,(H,70,84)(H,71,86)(H,75,88)(H,76,85)(H,69,72,73)/t45-,46+,47-,51+,58-/m1/s1. The molecule has 4 aromatic rings. The maximum atomic E-state index is 15.8. The second kappa shape index (κ2) is 26.9. The first kappa shape index (κ1) is 64.8. The van der Waals surface area contributed by atoms with Crippen LogP contribution in [-0.2, 0) is 37.1 Å². The number of rotatable bonds is 22. The number of aryl methyl sites for hydroxylation is 1. The number of benzene rings is 2. The number of thiazole rings is 1. The van der Waals surface area contributed by atoms with Crippen LogP contribution in [0.1, 0.15) is 103 Å². The quantitative estimate of drug-likeness (QED) is 0.0552. The molecule has 7 fully saturated rings. The molecule has 8 heterocycles. The van der Waals surface area contributed by atoms with Crippen LogP contribution in [0.2, 0.25) is 0 Å². The second-order valence-corrected chi connectivity index (χ2v) is 29.0. The molecule has 0 unspecified atom stereocenters. The number of hydrogen-bond acceptors (Lipinski definition) is 17. The second-order valence-electron chi connectivity index (χ2n) is 28.1. The van der Waals surface area contributed by atoms with Crippen molar-refractivity contribution < 1.29 is 47.0 Å². The van der Waals surface area contributed by atoms with Gasteiger partial charge in [0.2, 0.25) is 23.6 Å². The zero-order chi connectivity index (χ0) is 63.7. The van der Waals surface area contributed by atoms with E-state index in [1.165, 1.54) is 28.4 Å². The lowest BCUT2D eigenvalue weighted by Crippen LogP contribution is -2.66. The Labute approximate surface area is 529 Å². The Morgan fingerprint density at radius 2 is 1.56 bits per heavy atom. The minimum Gasteiger partial charge on any atom is -0.491 e. The number of fused-ring (bicyclic) bond motifs is 1. The highest BCUT2D eigenvalue weighted by Crippen LogP contribution is 2.41. The number of ether oxygens (including phenoxy) is 1. The van der Waals surface area contributed by atoms with E-state index in [0.717, 1.165) is 86.4 Å². The number of carbonyl (C=O) groups excluding carboxylic acids is 5. The van der Waals surface area contributed by atoms with Gasteiger partial charge in [0.15, 0.2) is 5.67 Å². The zero-order valence-corrected chi connectivity index (χ0v) is 53.7. The van der Waals surface area contributed by atoms with E-state index in [0.29, 0.717) is 87.2 Å². The van der Waals surface area contributed by atoms with E-state index in [1.807, 2.05) is 31.2 Å². The number of carbonyl (C=O) groups is 5. The molecule has 1 spiro atoms. The zero-order valence-electron chi connectivity index (χ0n) is 52.9. The fraction of sp³-hybridized carbons (Fsp3) is 0.631. The van der Waals surface area contributed by atoms with Gasteiger partial charge in [-0.05, 0) is 98.9 Å². The summed E-state index contributed by atoms with van der Waals surface area (Å²) in [5.74, 6) is -0.0652. The number of piperidine rings is 2. The normalized spacial score (nSPS) is 23.5. The largest absolute Gasteiger partial charge is 0.491 e. The fourth-order valence-corrected chi connectivity index (χ4v) is 14.7. The molecule has 0 radical (unpaired) electrons. The van der Waals surface area contributed by atoms with Gasteiger partial charge in [-0.2, -0.15) is 0 Å². The lowest BCUT2D eigenvalue weighted by atomic mass is 9.82. The van der Waals surface area contributed by atoms with E-state index in [2.05, 4.69) is 75.0 Å². The number of alkyl halides is 1. The summed E-state index contributed by atoms with van der Waals surface area (Å²) < 4.78 is 52.4. The predicted molar refractivity (Wildman–Crippen MR) is 337 cm³/mol. The average Bonchev–Trinajstić information content (AvgIpc) is 0.841. The van der Waals surface area contributed by atoms with Gasteiger partial charge in [-0.25, -0.2) is 28.1 Å². The third kappa shape index (κ3) is 15.4. The first-order chi connectivity index (χ1) is 42.9. The molecular formula is C65H89F3N14O7S. The van der Waals surface area contributed by atoms with E-state index in [4.69, 9.17) is 4.74 Å². The summed E-state index contributed by atoms with van der Waals surface area (Å²) in [6.45, 7) is 21.7. The van der Waals surface area contributed by atoms with Gasteiger partial charge in [0.1, 0.15) is 54.0 Å². The van der Waals surface area contributed by atoms with Gasteiger partial charge >= 0.3 is 0 Å². The maximum Gasteiger partial charge on any atom is 0.258 e. The lowest BCUT2D eigenvalue weighted by molar-refractivity contribution is -0.145. The number of anilines is 3. The lowest BCUT2D eigenvalue weighted by Gasteiger charge is -2.48. The average molecular weight is 1270 g/mol. The van der Waals surface area contributed by atoms with Gasteiger partial charge in [-0.1, -0.05) is 46.8 Å². The molecule has 7 aliphatic rings. The van der Waals surface area contributed by atoms with Gasteiger partial charge < -0.3 is 60.9 Å². The van der Waals surface area contributed by atoms with Crippen LogP contribution < -0.4 is 41.1 Å². The van der Waals surface area contributed by atoms with Gasteiger partial charge in [0.25, 0.3) is 5.91 Å². The molecule has 11 rings (SSSR count). The van der Waals surface area contributed by atoms with Crippen molar-refractivity contribution in [3.8, 4) is 16.2 Å². The number of β-amino-alcohol motifs (C(OH)–C–C–N with tert-alkyl or cyclic N) is 1. The number of aliphatic hydroxyl groups is 1. The van der Waals surface area contributed by atoms with Crippen LogP contribution in [0.3, 0.4) is 0 Å². The Kier molecular flexibility index (Phi) is 19.4. The Bertz CT molecular complexity index is 3260. The van der Waals surface area contributed by atoms with Crippen molar-refractivity contribution >= 4 is 58.2 Å². The van der Waals surface area contributed by atoms with Crippen molar-refractivity contribution in [3.63, 3.8) is 0 Å². The predicted octanol–water partition coefficient (Wildman–Crippen LogP) is 5.26. The Morgan fingerprint density at radius 3 is 2.24 bits per heavy atom. The molecule has 6 saturated heterocycles. The van der Waals surface area contributed by atoms with Crippen LogP contribution in [0.4, 0.5) is 30.5 Å². The molecule has 25 heteroatoms. The number of amides is 5. The molecule has 90 heavy (non-hydrogen) atoms. The molecule has 0 bridgehead atoms. The van der Waals surface area contributed by atoms with E-state index in [-0.39, 0.29) is 75.0 Å². The third-order valence-electron chi connectivity index (χ3n) is 19.6. The van der Waals surface area contributed by atoms with Crippen molar-refractivity contribution in [2.75, 3.05) is 120 Å². The van der Waals surface area contributed by atoms with Crippen molar-refractivity contribution in [2.45, 2.75) is 135 Å². The molecule has 488 valence electrons. The molecule has 1 aliphatic carbocycles. The smallest absolute Gasteiger partial charge is 0.258 e. The van der Waals surface area contributed by atoms with Crippen LogP contribution in [0.25, 0.3) is 10.4 Å². The summed E-state index contributed by atoms with van der Waals surface area (Å²) in [4.78, 5) is 93.7. The molecule has 5 atom stereocenters. The van der Waals surface area contributed by atoms with E-state index < -0.39 is 64.2 Å². The summed E-state index contributed by atoms with van der Waals surface area (Å²) in [6.07, 6.45) is 4.40. The summed E-state index contributed by atoms with van der Waals surface area (Å²) in [5.41, 5.74) is 1.52. The summed E-state index contributed by atoms with van der Waals surface area (Å²) >= 11 is 1.50. The molecule has 6 N–H and O–H groups in total. The molecule has 2 aromatic heterocycles. The molecule has 2 aromatic carbocycles. The first-order valence-corrected chi connectivity index (χ1v) is 33.0. The number of piperazine rings is 1. The SMILES string of the molecule is Cc1ncsc1-c1ccc(CNC(=O)[C@@H]2C[C@@H](O)CN2C(=O)[C@@H](NC(=O)C2(F)CC2)C(C)(C)C)c(OCCNC(=O)CCN2C[C@H]3CN(CCNc4cc(N5CCC6(CC5)CN(c5cc(F)c(CN7CCC(C)(C)CC7)cc5F)CC(=O)N6)ncn4)C[C@H]3C2)c1. The van der Waals surface area contributed by atoms with E-state index >= 15 is 8.78 Å². The minimum atomic E-state index is -1.99. The number of nitrogens with zero attached hydrogens (tertiary/aromatic N) is 9. The van der Waals surface area contributed by atoms with Crippen LogP contribution >= 0.6 is 11.3 Å². The first-order valence-electron chi connectivity index (χ1n) is 32.1. The highest BCUT2D eigenvalue weighted by Gasteiger charge is 2.54. The molecule has 21 nitrogen and oxygen atoms in total. The minimum absolute atomic E-state index is 0.00259. The van der Waals surface area contributed by atoms with Crippen molar-refractivity contribution in [3.05, 3.63) is 76.7 Å². The molecule has 1 saturated carbocycles. The monoisotopic (exact) mass is 1270 g/mol. The third-order valence-corrected chi connectivity index (χ3v) is 20.6. The van der Waals surface area contributed by atoms with Crippen LogP contribution in [0.5, 0.6) is 5.75 Å². The van der Waals surface area contributed by atoms with Gasteiger partial charge in [-0.3, -0.25) is 28.9 Å². The van der Waals surface area contributed by atoms with Crippen molar-refractivity contribution in [2.24, 2.45) is 22.7 Å². The van der Waals surface area contributed by atoms with Crippen LogP contribution in [0.15, 0.2) is 48.2 Å². The molecule has 6 aliphatic heterocycles. The maximum absolute atomic E-state index is 15.8. The van der Waals surface area contributed by atoms with E-state index in [1.54, 1.807) is 37.5 Å².